The van der Waals surface area contributed by atoms with E-state index in [4.69, 9.17) is 0 Å². The van der Waals surface area contributed by atoms with Gasteiger partial charge in [-0.3, -0.25) is 0 Å². The lowest BCUT2D eigenvalue weighted by molar-refractivity contribution is 0.265. The highest BCUT2D eigenvalue weighted by Gasteiger charge is 2.45. The highest BCUT2D eigenvalue weighted by atomic mass is 16.3. The summed E-state index contributed by atoms with van der Waals surface area (Å²) >= 11 is 0. The first-order valence-corrected chi connectivity index (χ1v) is 12.7. The van der Waals surface area contributed by atoms with Crippen molar-refractivity contribution in [2.45, 2.75) is 97.3 Å². The molecule has 0 bridgehead atoms. The van der Waals surface area contributed by atoms with Crippen LogP contribution >= 0.6 is 0 Å². The molecule has 170 valence electrons. The summed E-state index contributed by atoms with van der Waals surface area (Å²) in [5.74, 6) is 1.99. The van der Waals surface area contributed by atoms with Crippen molar-refractivity contribution in [1.82, 2.24) is 0 Å². The molecule has 31 heavy (non-hydrogen) atoms. The molecule has 2 heteroatoms. The molecule has 0 saturated carbocycles. The van der Waals surface area contributed by atoms with E-state index in [1.165, 1.54) is 73.6 Å². The molecule has 0 aliphatic heterocycles. The van der Waals surface area contributed by atoms with E-state index in [0.29, 0.717) is 23.3 Å². The number of fused-ring (bicyclic) bond motifs is 3. The molecule has 2 N–H and O–H groups in total. The van der Waals surface area contributed by atoms with Crippen LogP contribution in [0.5, 0.6) is 11.5 Å². The van der Waals surface area contributed by atoms with Gasteiger partial charge in [-0.2, -0.15) is 0 Å². The number of phenols is 2. The van der Waals surface area contributed by atoms with Crippen molar-refractivity contribution < 1.29 is 10.2 Å². The van der Waals surface area contributed by atoms with E-state index in [1.807, 2.05) is 24.3 Å². The maximum atomic E-state index is 10.5. The van der Waals surface area contributed by atoms with Crippen LogP contribution in [-0.2, 0) is 5.41 Å². The molecule has 0 radical (unpaired) electrons. The molecule has 1 aliphatic rings. The lowest BCUT2D eigenvalue weighted by Gasteiger charge is -2.38. The fourth-order valence-corrected chi connectivity index (χ4v) is 5.87. The standard InChI is InChI=1S/C29H42O2/c1-5-9-11-21(7-3)19-29(20-22(8-4)12-10-6-2)27-17-23(30)13-15-25(27)26-16-14-24(31)18-28(26)29/h13-18,21-22,30-31H,5-12,19-20H2,1-4H3. The van der Waals surface area contributed by atoms with E-state index in [0.717, 1.165) is 12.8 Å². The molecular weight excluding hydrogens is 380 g/mol. The van der Waals surface area contributed by atoms with Crippen molar-refractivity contribution in [3.05, 3.63) is 47.5 Å². The summed E-state index contributed by atoms with van der Waals surface area (Å²) in [4.78, 5) is 0. The quantitative estimate of drug-likeness (QED) is 0.359. The maximum absolute atomic E-state index is 10.5. The van der Waals surface area contributed by atoms with E-state index >= 15 is 0 Å². The molecule has 2 aromatic carbocycles. The van der Waals surface area contributed by atoms with Gasteiger partial charge in [0, 0.05) is 5.41 Å². The number of rotatable bonds is 12. The number of hydrogen-bond acceptors (Lipinski definition) is 2. The minimum absolute atomic E-state index is 0.134. The molecule has 1 aliphatic carbocycles. The second kappa shape index (κ2) is 10.6. The van der Waals surface area contributed by atoms with Gasteiger partial charge in [0.2, 0.25) is 0 Å². The van der Waals surface area contributed by atoms with Gasteiger partial charge in [0.05, 0.1) is 0 Å². The fraction of sp³-hybridized carbons (Fsp3) is 0.586. The highest BCUT2D eigenvalue weighted by Crippen LogP contribution is 2.57. The lowest BCUT2D eigenvalue weighted by Crippen LogP contribution is -2.31. The third-order valence-corrected chi connectivity index (χ3v) is 7.69. The third kappa shape index (κ3) is 4.94. The SMILES string of the molecule is CCCCC(CC)CC1(CC(CC)CCCC)c2cc(O)ccc2-c2ccc(O)cc21. The summed E-state index contributed by atoms with van der Waals surface area (Å²) in [5, 5.41) is 21.0. The lowest BCUT2D eigenvalue weighted by atomic mass is 9.65. The van der Waals surface area contributed by atoms with Crippen molar-refractivity contribution in [2.75, 3.05) is 0 Å². The van der Waals surface area contributed by atoms with Gasteiger partial charge in [-0.1, -0.05) is 91.2 Å². The van der Waals surface area contributed by atoms with Crippen LogP contribution in [-0.4, -0.2) is 10.2 Å². The van der Waals surface area contributed by atoms with Gasteiger partial charge in [-0.05, 0) is 71.2 Å². The molecule has 0 amide bonds. The van der Waals surface area contributed by atoms with Gasteiger partial charge in [0.15, 0.2) is 0 Å². The summed E-state index contributed by atoms with van der Waals surface area (Å²) in [6, 6.07) is 11.8. The van der Waals surface area contributed by atoms with Crippen LogP contribution in [0.25, 0.3) is 11.1 Å². The van der Waals surface area contributed by atoms with Crippen molar-refractivity contribution in [3.8, 4) is 22.6 Å². The topological polar surface area (TPSA) is 40.5 Å². The second-order valence-corrected chi connectivity index (χ2v) is 9.78. The Bertz CT molecular complexity index is 782. The zero-order chi connectivity index (χ0) is 22.4. The van der Waals surface area contributed by atoms with Gasteiger partial charge < -0.3 is 10.2 Å². The van der Waals surface area contributed by atoms with Crippen molar-refractivity contribution in [2.24, 2.45) is 11.8 Å². The number of benzene rings is 2. The Balaban J connectivity index is 2.16. The van der Waals surface area contributed by atoms with Crippen LogP contribution in [0, 0.1) is 11.8 Å². The first-order chi connectivity index (χ1) is 15.0. The van der Waals surface area contributed by atoms with Crippen LogP contribution in [0.4, 0.5) is 0 Å². The average molecular weight is 423 g/mol. The summed E-state index contributed by atoms with van der Waals surface area (Å²) in [6.45, 7) is 9.20. The zero-order valence-electron chi connectivity index (χ0n) is 20.1. The van der Waals surface area contributed by atoms with Crippen molar-refractivity contribution >= 4 is 0 Å². The summed E-state index contributed by atoms with van der Waals surface area (Å²) in [6.07, 6.45) is 12.0. The van der Waals surface area contributed by atoms with Crippen LogP contribution in [0.2, 0.25) is 0 Å². The minimum atomic E-state index is -0.134. The number of unbranched alkanes of at least 4 members (excludes halogenated alkanes) is 2. The van der Waals surface area contributed by atoms with Crippen LogP contribution in [0.3, 0.4) is 0 Å². The van der Waals surface area contributed by atoms with E-state index in [-0.39, 0.29) is 5.41 Å². The van der Waals surface area contributed by atoms with Crippen LogP contribution < -0.4 is 0 Å². The first-order valence-electron chi connectivity index (χ1n) is 12.7. The van der Waals surface area contributed by atoms with Gasteiger partial charge in [-0.15, -0.1) is 0 Å². The Morgan fingerprint density at radius 2 is 1.10 bits per heavy atom. The highest BCUT2D eigenvalue weighted by molar-refractivity contribution is 5.82. The predicted octanol–water partition coefficient (Wildman–Crippen LogP) is 8.58. The van der Waals surface area contributed by atoms with Gasteiger partial charge in [-0.25, -0.2) is 0 Å². The molecule has 0 fully saturated rings. The van der Waals surface area contributed by atoms with E-state index in [2.05, 4.69) is 39.8 Å². The number of phenolic OH excluding ortho intramolecular Hbond substituents is 2. The van der Waals surface area contributed by atoms with E-state index < -0.39 is 0 Å². The molecule has 2 nitrogen and oxygen atoms in total. The smallest absolute Gasteiger partial charge is 0.115 e. The largest absolute Gasteiger partial charge is 0.508 e. The van der Waals surface area contributed by atoms with Gasteiger partial charge in [0.25, 0.3) is 0 Å². The second-order valence-electron chi connectivity index (χ2n) is 9.78. The van der Waals surface area contributed by atoms with Crippen molar-refractivity contribution in [3.63, 3.8) is 0 Å². The first kappa shape index (κ1) is 23.7. The molecule has 2 atom stereocenters. The normalized spacial score (nSPS) is 16.0. The molecule has 0 aromatic heterocycles. The Hall–Kier alpha value is -1.96. The molecular formula is C29H42O2. The Labute approximate surface area is 189 Å². The molecule has 2 aromatic rings. The predicted molar refractivity (Wildman–Crippen MR) is 132 cm³/mol. The van der Waals surface area contributed by atoms with Gasteiger partial charge >= 0.3 is 0 Å². The number of aromatic hydroxyl groups is 2. The minimum Gasteiger partial charge on any atom is -0.508 e. The maximum Gasteiger partial charge on any atom is 0.115 e. The summed E-state index contributed by atoms with van der Waals surface area (Å²) in [5.41, 5.74) is 4.90. The molecule has 3 rings (SSSR count). The van der Waals surface area contributed by atoms with E-state index in [9.17, 15) is 10.2 Å². The van der Waals surface area contributed by atoms with Crippen LogP contribution in [0.1, 0.15) is 103 Å². The molecule has 2 unspecified atom stereocenters. The Morgan fingerprint density at radius 1 is 0.677 bits per heavy atom. The van der Waals surface area contributed by atoms with Crippen LogP contribution in [0.15, 0.2) is 36.4 Å². The molecule has 0 heterocycles. The van der Waals surface area contributed by atoms with Gasteiger partial charge in [0.1, 0.15) is 11.5 Å². The fourth-order valence-electron chi connectivity index (χ4n) is 5.87. The Morgan fingerprint density at radius 3 is 1.45 bits per heavy atom. The zero-order valence-corrected chi connectivity index (χ0v) is 20.1. The van der Waals surface area contributed by atoms with E-state index in [1.54, 1.807) is 0 Å². The molecule has 0 saturated heterocycles. The number of hydrogen-bond donors (Lipinski definition) is 2. The summed E-state index contributed by atoms with van der Waals surface area (Å²) in [7, 11) is 0. The van der Waals surface area contributed by atoms with Crippen molar-refractivity contribution in [1.29, 1.82) is 0 Å². The third-order valence-electron chi connectivity index (χ3n) is 7.69. The average Bonchev–Trinajstić information content (AvgIpc) is 3.02. The summed E-state index contributed by atoms with van der Waals surface area (Å²) < 4.78 is 0. The molecule has 0 spiro atoms. The Kier molecular flexibility index (Phi) is 8.08. The monoisotopic (exact) mass is 422 g/mol.